The fourth-order valence-corrected chi connectivity index (χ4v) is 9.82. The normalized spacial score (nSPS) is 12.8. The summed E-state index contributed by atoms with van der Waals surface area (Å²) in [7, 11) is 0. The van der Waals surface area contributed by atoms with Crippen molar-refractivity contribution in [3.8, 4) is 56.2 Å². The SMILES string of the molecule is c1ccc(-c2nc(-c3ccc4oc5ccccc5c4c3)cc(-c3ccc(-c4cccc5c4C(c4ccccc4)(c4ccccc4)c4ccccc4-5)c4ccccc34)n2)cc1. The number of aromatic nitrogens is 2. The Morgan fingerprint density at radius 2 is 0.883 bits per heavy atom. The monoisotopic (exact) mass is 764 g/mol. The molecule has 9 aromatic carbocycles. The number of para-hydroxylation sites is 1. The second-order valence-corrected chi connectivity index (χ2v) is 15.6. The minimum Gasteiger partial charge on any atom is -0.456 e. The number of benzene rings is 9. The third-order valence-corrected chi connectivity index (χ3v) is 12.4. The van der Waals surface area contributed by atoms with Gasteiger partial charge in [-0.25, -0.2) is 9.97 Å². The highest BCUT2D eigenvalue weighted by molar-refractivity contribution is 6.08. The van der Waals surface area contributed by atoms with Gasteiger partial charge in [0.25, 0.3) is 0 Å². The molecule has 2 aromatic heterocycles. The van der Waals surface area contributed by atoms with Crippen molar-refractivity contribution in [2.75, 3.05) is 0 Å². The Kier molecular flexibility index (Phi) is 7.76. The summed E-state index contributed by atoms with van der Waals surface area (Å²) in [6.45, 7) is 0. The quantitative estimate of drug-likeness (QED) is 0.169. The van der Waals surface area contributed by atoms with Gasteiger partial charge in [0.15, 0.2) is 5.82 Å². The van der Waals surface area contributed by atoms with E-state index in [9.17, 15) is 0 Å². The largest absolute Gasteiger partial charge is 0.456 e. The number of nitrogens with zero attached hydrogens (tertiary/aromatic N) is 2. The molecule has 0 saturated carbocycles. The fraction of sp³-hybridized carbons (Fsp3) is 0.0175. The van der Waals surface area contributed by atoms with E-state index in [0.29, 0.717) is 5.82 Å². The van der Waals surface area contributed by atoms with Gasteiger partial charge in [-0.1, -0.05) is 188 Å². The van der Waals surface area contributed by atoms with Crippen LogP contribution in [0.5, 0.6) is 0 Å². The molecule has 3 nitrogen and oxygen atoms in total. The lowest BCUT2D eigenvalue weighted by molar-refractivity contribution is 0.669. The summed E-state index contributed by atoms with van der Waals surface area (Å²) >= 11 is 0. The van der Waals surface area contributed by atoms with E-state index in [2.05, 4.69) is 188 Å². The van der Waals surface area contributed by atoms with E-state index in [1.165, 1.54) is 49.9 Å². The highest BCUT2D eigenvalue weighted by atomic mass is 16.3. The fourth-order valence-electron chi connectivity index (χ4n) is 9.82. The molecular weight excluding hydrogens is 729 g/mol. The predicted molar refractivity (Wildman–Crippen MR) is 246 cm³/mol. The van der Waals surface area contributed by atoms with Gasteiger partial charge < -0.3 is 4.42 Å². The molecule has 1 aliphatic rings. The van der Waals surface area contributed by atoms with Gasteiger partial charge in [-0.3, -0.25) is 0 Å². The smallest absolute Gasteiger partial charge is 0.160 e. The van der Waals surface area contributed by atoms with Gasteiger partial charge in [0.05, 0.1) is 16.8 Å². The molecule has 12 rings (SSSR count). The highest BCUT2D eigenvalue weighted by Crippen LogP contribution is 2.59. The highest BCUT2D eigenvalue weighted by Gasteiger charge is 2.47. The third kappa shape index (κ3) is 5.16. The van der Waals surface area contributed by atoms with Crippen molar-refractivity contribution in [3.05, 3.63) is 241 Å². The van der Waals surface area contributed by atoms with Crippen molar-refractivity contribution >= 4 is 32.7 Å². The van der Waals surface area contributed by atoms with Crippen LogP contribution in [-0.2, 0) is 5.41 Å². The van der Waals surface area contributed by atoms with Crippen LogP contribution in [0, 0.1) is 0 Å². The maximum atomic E-state index is 6.20. The van der Waals surface area contributed by atoms with Crippen LogP contribution in [0.4, 0.5) is 0 Å². The first-order valence-electron chi connectivity index (χ1n) is 20.5. The topological polar surface area (TPSA) is 38.9 Å². The van der Waals surface area contributed by atoms with Crippen LogP contribution in [-0.4, -0.2) is 9.97 Å². The standard InChI is InChI=1S/C57H36N2O/c1-4-17-37(18-5-1)56-58-51(38-31-34-54-49(35-38)46-26-13-15-30-53(46)60-54)36-52(59-56)45-33-32-43(41-23-10-11-24-42(41)45)47-27-16-28-48-44-25-12-14-29-50(44)57(55(47)48,39-19-6-2-7-20-39)40-21-8-3-9-22-40/h1-36H. The summed E-state index contributed by atoms with van der Waals surface area (Å²) in [5.74, 6) is 0.683. The molecule has 0 N–H and O–H groups in total. The Morgan fingerprint density at radius 1 is 0.333 bits per heavy atom. The molecule has 0 aliphatic heterocycles. The number of hydrogen-bond acceptors (Lipinski definition) is 3. The average molecular weight is 765 g/mol. The lowest BCUT2D eigenvalue weighted by Crippen LogP contribution is -2.29. The molecule has 3 heteroatoms. The molecule has 60 heavy (non-hydrogen) atoms. The zero-order valence-corrected chi connectivity index (χ0v) is 32.6. The van der Waals surface area contributed by atoms with E-state index in [1.807, 2.05) is 30.3 Å². The molecule has 0 fully saturated rings. The minimum absolute atomic E-state index is 0.529. The number of fused-ring (bicyclic) bond motifs is 7. The molecule has 0 radical (unpaired) electrons. The zero-order chi connectivity index (χ0) is 39.6. The molecule has 0 saturated heterocycles. The van der Waals surface area contributed by atoms with Gasteiger partial charge in [0, 0.05) is 27.5 Å². The van der Waals surface area contributed by atoms with Gasteiger partial charge in [-0.2, -0.15) is 0 Å². The summed E-state index contributed by atoms with van der Waals surface area (Å²) in [5, 5.41) is 4.46. The Balaban J connectivity index is 1.09. The second kappa shape index (κ2) is 13.6. The van der Waals surface area contributed by atoms with Gasteiger partial charge >= 0.3 is 0 Å². The van der Waals surface area contributed by atoms with Crippen molar-refractivity contribution in [1.29, 1.82) is 0 Å². The first-order chi connectivity index (χ1) is 29.8. The predicted octanol–water partition coefficient (Wildman–Crippen LogP) is 14.6. The second-order valence-electron chi connectivity index (χ2n) is 15.6. The van der Waals surface area contributed by atoms with Crippen LogP contribution in [0.3, 0.4) is 0 Å². The zero-order valence-electron chi connectivity index (χ0n) is 32.6. The number of rotatable bonds is 6. The van der Waals surface area contributed by atoms with Crippen LogP contribution in [0.2, 0.25) is 0 Å². The molecule has 0 spiro atoms. The number of hydrogen-bond donors (Lipinski definition) is 0. The van der Waals surface area contributed by atoms with E-state index in [4.69, 9.17) is 14.4 Å². The first-order valence-corrected chi connectivity index (χ1v) is 20.5. The molecule has 0 amide bonds. The van der Waals surface area contributed by atoms with E-state index >= 15 is 0 Å². The van der Waals surface area contributed by atoms with Crippen LogP contribution < -0.4 is 0 Å². The lowest BCUT2D eigenvalue weighted by Gasteiger charge is -2.35. The van der Waals surface area contributed by atoms with E-state index < -0.39 is 5.41 Å². The van der Waals surface area contributed by atoms with Crippen LogP contribution in [0.15, 0.2) is 223 Å². The summed E-state index contributed by atoms with van der Waals surface area (Å²) in [6, 6.07) is 78.2. The van der Waals surface area contributed by atoms with Crippen LogP contribution >= 0.6 is 0 Å². The molecule has 0 atom stereocenters. The first kappa shape index (κ1) is 34.2. The molecule has 0 bridgehead atoms. The molecular formula is C57H36N2O. The summed E-state index contributed by atoms with van der Waals surface area (Å²) in [4.78, 5) is 10.5. The van der Waals surface area contributed by atoms with Crippen molar-refractivity contribution in [2.45, 2.75) is 5.41 Å². The Hall–Kier alpha value is -7.88. The Labute approximate surface area is 347 Å². The average Bonchev–Trinajstić information content (AvgIpc) is 3.86. The summed E-state index contributed by atoms with van der Waals surface area (Å²) in [6.07, 6.45) is 0. The maximum absolute atomic E-state index is 6.20. The van der Waals surface area contributed by atoms with E-state index in [0.717, 1.165) is 55.4 Å². The van der Waals surface area contributed by atoms with Crippen molar-refractivity contribution in [1.82, 2.24) is 9.97 Å². The third-order valence-electron chi connectivity index (χ3n) is 12.4. The van der Waals surface area contributed by atoms with Crippen molar-refractivity contribution in [2.24, 2.45) is 0 Å². The minimum atomic E-state index is -0.529. The molecule has 0 unspecified atom stereocenters. The Morgan fingerprint density at radius 3 is 1.63 bits per heavy atom. The molecule has 280 valence electrons. The lowest BCUT2D eigenvalue weighted by atomic mass is 9.66. The van der Waals surface area contributed by atoms with E-state index in [-0.39, 0.29) is 0 Å². The summed E-state index contributed by atoms with van der Waals surface area (Å²) in [5.41, 5.74) is 16.0. The van der Waals surface area contributed by atoms with Crippen LogP contribution in [0.25, 0.3) is 88.9 Å². The van der Waals surface area contributed by atoms with Gasteiger partial charge in [-0.05, 0) is 85.6 Å². The molecule has 11 aromatic rings. The molecule has 1 aliphatic carbocycles. The summed E-state index contributed by atoms with van der Waals surface area (Å²) < 4.78 is 6.20. The van der Waals surface area contributed by atoms with Crippen molar-refractivity contribution in [3.63, 3.8) is 0 Å². The van der Waals surface area contributed by atoms with Crippen LogP contribution in [0.1, 0.15) is 22.3 Å². The number of furan rings is 1. The molecule has 2 heterocycles. The van der Waals surface area contributed by atoms with Gasteiger partial charge in [0.2, 0.25) is 0 Å². The Bertz CT molecular complexity index is 3380. The maximum Gasteiger partial charge on any atom is 0.160 e. The van der Waals surface area contributed by atoms with Gasteiger partial charge in [0.1, 0.15) is 11.2 Å². The van der Waals surface area contributed by atoms with E-state index in [1.54, 1.807) is 0 Å². The van der Waals surface area contributed by atoms with Crippen molar-refractivity contribution < 1.29 is 4.42 Å². The van der Waals surface area contributed by atoms with Gasteiger partial charge in [-0.15, -0.1) is 0 Å².